The Kier molecular flexibility index (Phi) is 2.90. The highest BCUT2D eigenvalue weighted by molar-refractivity contribution is 5.86. The fraction of sp³-hybridized carbons (Fsp3) is 0.562. The predicted molar refractivity (Wildman–Crippen MR) is 79.5 cm³/mol. The van der Waals surface area contributed by atoms with Gasteiger partial charge < -0.3 is 4.57 Å². The van der Waals surface area contributed by atoms with Gasteiger partial charge in [0.05, 0.1) is 0 Å². The Morgan fingerprint density at radius 2 is 1.84 bits per heavy atom. The number of nitrogens with zero attached hydrogens (tertiary/aromatic N) is 3. The van der Waals surface area contributed by atoms with Gasteiger partial charge in [-0.25, -0.2) is 4.98 Å². The van der Waals surface area contributed by atoms with Crippen LogP contribution in [0.25, 0.3) is 11.0 Å². The molecule has 0 N–H and O–H groups in total. The van der Waals surface area contributed by atoms with Crippen LogP contribution in [0.4, 0.5) is 0 Å². The third kappa shape index (κ3) is 1.79. The minimum atomic E-state index is 0.613. The quantitative estimate of drug-likeness (QED) is 0.782. The molecule has 3 rings (SSSR count). The van der Waals surface area contributed by atoms with Gasteiger partial charge in [0.15, 0.2) is 0 Å². The van der Waals surface area contributed by atoms with Gasteiger partial charge in [-0.3, -0.25) is 4.90 Å². The maximum atomic E-state index is 4.69. The molecule has 0 aliphatic carbocycles. The molecule has 19 heavy (non-hydrogen) atoms. The van der Waals surface area contributed by atoms with Crippen LogP contribution in [0.3, 0.4) is 0 Å². The van der Waals surface area contributed by atoms with E-state index >= 15 is 0 Å². The smallest absolute Gasteiger partial charge is 0.140 e. The molecular formula is C16H23N3. The Balaban J connectivity index is 2.21. The second-order valence-electron chi connectivity index (χ2n) is 6.05. The summed E-state index contributed by atoms with van der Waals surface area (Å²) < 4.78 is 2.43. The van der Waals surface area contributed by atoms with Crippen LogP contribution in [0.1, 0.15) is 36.2 Å². The zero-order valence-electron chi connectivity index (χ0n) is 12.6. The molecule has 3 nitrogen and oxygen atoms in total. The Labute approximate surface area is 115 Å². The van der Waals surface area contributed by atoms with Crippen molar-refractivity contribution in [1.29, 1.82) is 0 Å². The maximum Gasteiger partial charge on any atom is 0.140 e. The molecule has 0 fully saturated rings. The van der Waals surface area contributed by atoms with Gasteiger partial charge in [-0.05, 0) is 51.3 Å². The second kappa shape index (κ2) is 4.34. The molecule has 0 saturated carbocycles. The Hall–Kier alpha value is -1.35. The summed E-state index contributed by atoms with van der Waals surface area (Å²) in [6, 6.07) is 0.613. The summed E-state index contributed by atoms with van der Waals surface area (Å²) in [6.45, 7) is 14.4. The lowest BCUT2D eigenvalue weighted by Gasteiger charge is -2.32. The highest BCUT2D eigenvalue weighted by Gasteiger charge is 2.24. The topological polar surface area (TPSA) is 21.1 Å². The SMILES string of the molecule is Cc1cnc2c(c1C)c(C)c1n2CCN(C(C)C)C1. The van der Waals surface area contributed by atoms with Crippen molar-refractivity contribution in [3.8, 4) is 0 Å². The summed E-state index contributed by atoms with van der Waals surface area (Å²) in [6.07, 6.45) is 2.01. The predicted octanol–water partition coefficient (Wildman–Crippen LogP) is 3.19. The number of hydrogen-bond acceptors (Lipinski definition) is 2. The molecule has 0 spiro atoms. The van der Waals surface area contributed by atoms with E-state index in [1.165, 1.54) is 33.4 Å². The fourth-order valence-electron chi connectivity index (χ4n) is 3.20. The molecule has 0 aromatic carbocycles. The van der Waals surface area contributed by atoms with Crippen LogP contribution in [0, 0.1) is 20.8 Å². The number of pyridine rings is 1. The van der Waals surface area contributed by atoms with Gasteiger partial charge >= 0.3 is 0 Å². The molecule has 0 amide bonds. The highest BCUT2D eigenvalue weighted by Crippen LogP contribution is 2.31. The zero-order valence-corrected chi connectivity index (χ0v) is 12.6. The maximum absolute atomic E-state index is 4.69. The molecule has 0 radical (unpaired) electrons. The Morgan fingerprint density at radius 3 is 2.53 bits per heavy atom. The molecule has 1 aliphatic rings. The van der Waals surface area contributed by atoms with Crippen LogP contribution in [-0.4, -0.2) is 27.0 Å². The zero-order chi connectivity index (χ0) is 13.7. The van der Waals surface area contributed by atoms with Crippen molar-refractivity contribution in [2.75, 3.05) is 6.54 Å². The summed E-state index contributed by atoms with van der Waals surface area (Å²) in [5.41, 5.74) is 6.74. The number of aromatic nitrogens is 2. The van der Waals surface area contributed by atoms with E-state index in [1.54, 1.807) is 0 Å². The second-order valence-corrected chi connectivity index (χ2v) is 6.05. The van der Waals surface area contributed by atoms with E-state index in [2.05, 4.69) is 44.1 Å². The molecule has 2 aromatic heterocycles. The number of hydrogen-bond donors (Lipinski definition) is 0. The summed E-state index contributed by atoms with van der Waals surface area (Å²) in [4.78, 5) is 7.24. The van der Waals surface area contributed by atoms with Crippen molar-refractivity contribution in [1.82, 2.24) is 14.5 Å². The first-order valence-corrected chi connectivity index (χ1v) is 7.18. The first-order chi connectivity index (χ1) is 9.00. The molecule has 102 valence electrons. The van der Waals surface area contributed by atoms with Gasteiger partial charge in [0.25, 0.3) is 0 Å². The van der Waals surface area contributed by atoms with E-state index < -0.39 is 0 Å². The molecule has 0 unspecified atom stereocenters. The molecule has 3 heteroatoms. The van der Waals surface area contributed by atoms with Crippen LogP contribution >= 0.6 is 0 Å². The molecular weight excluding hydrogens is 234 g/mol. The number of aryl methyl sites for hydroxylation is 3. The van der Waals surface area contributed by atoms with Crippen LogP contribution in [0.5, 0.6) is 0 Å². The van der Waals surface area contributed by atoms with Gasteiger partial charge in [-0.15, -0.1) is 0 Å². The molecule has 0 saturated heterocycles. The monoisotopic (exact) mass is 257 g/mol. The lowest BCUT2D eigenvalue weighted by molar-refractivity contribution is 0.178. The summed E-state index contributed by atoms with van der Waals surface area (Å²) in [5, 5.41) is 1.38. The molecule has 1 aliphatic heterocycles. The first kappa shape index (κ1) is 12.7. The van der Waals surface area contributed by atoms with E-state index in [0.717, 1.165) is 19.6 Å². The van der Waals surface area contributed by atoms with Gasteiger partial charge in [0, 0.05) is 43.0 Å². The highest BCUT2D eigenvalue weighted by atomic mass is 15.2. The third-order valence-corrected chi connectivity index (χ3v) is 4.65. The Bertz CT molecular complexity index is 637. The minimum absolute atomic E-state index is 0.613. The molecule has 0 bridgehead atoms. The molecule has 2 aromatic rings. The number of rotatable bonds is 1. The normalized spacial score (nSPS) is 16.3. The molecule has 0 atom stereocenters. The first-order valence-electron chi connectivity index (χ1n) is 7.18. The number of fused-ring (bicyclic) bond motifs is 3. The van der Waals surface area contributed by atoms with Crippen LogP contribution < -0.4 is 0 Å². The minimum Gasteiger partial charge on any atom is -0.327 e. The van der Waals surface area contributed by atoms with Crippen molar-refractivity contribution >= 4 is 11.0 Å². The van der Waals surface area contributed by atoms with Gasteiger partial charge in [-0.2, -0.15) is 0 Å². The van der Waals surface area contributed by atoms with Crippen molar-refractivity contribution in [3.05, 3.63) is 28.6 Å². The van der Waals surface area contributed by atoms with Crippen LogP contribution in [0.2, 0.25) is 0 Å². The molecule has 3 heterocycles. The van der Waals surface area contributed by atoms with Gasteiger partial charge in [0.2, 0.25) is 0 Å². The van der Waals surface area contributed by atoms with Crippen molar-refractivity contribution in [3.63, 3.8) is 0 Å². The summed E-state index contributed by atoms with van der Waals surface area (Å²) in [5.74, 6) is 0. The van der Waals surface area contributed by atoms with Gasteiger partial charge in [-0.1, -0.05) is 0 Å². The van der Waals surface area contributed by atoms with Crippen molar-refractivity contribution in [2.24, 2.45) is 0 Å². The van der Waals surface area contributed by atoms with E-state index in [4.69, 9.17) is 4.98 Å². The van der Waals surface area contributed by atoms with Crippen molar-refractivity contribution in [2.45, 2.75) is 53.8 Å². The van der Waals surface area contributed by atoms with Gasteiger partial charge in [0.1, 0.15) is 5.65 Å². The largest absolute Gasteiger partial charge is 0.327 e. The van der Waals surface area contributed by atoms with Crippen LogP contribution in [0.15, 0.2) is 6.20 Å². The third-order valence-electron chi connectivity index (χ3n) is 4.65. The fourth-order valence-corrected chi connectivity index (χ4v) is 3.20. The van der Waals surface area contributed by atoms with Crippen molar-refractivity contribution < 1.29 is 0 Å². The lowest BCUT2D eigenvalue weighted by Crippen LogP contribution is -2.38. The average molecular weight is 257 g/mol. The standard InChI is InChI=1S/C16H23N3/c1-10(2)18-6-7-19-14(9-18)13(5)15-12(4)11(3)8-17-16(15)19/h8,10H,6-7,9H2,1-5H3. The average Bonchev–Trinajstić information content (AvgIpc) is 2.67. The van der Waals surface area contributed by atoms with E-state index in [1.807, 2.05) is 6.20 Å². The Morgan fingerprint density at radius 1 is 1.11 bits per heavy atom. The summed E-state index contributed by atoms with van der Waals surface area (Å²) in [7, 11) is 0. The van der Waals surface area contributed by atoms with E-state index in [9.17, 15) is 0 Å². The van der Waals surface area contributed by atoms with E-state index in [-0.39, 0.29) is 0 Å². The van der Waals surface area contributed by atoms with Crippen LogP contribution in [-0.2, 0) is 13.1 Å². The summed E-state index contributed by atoms with van der Waals surface area (Å²) >= 11 is 0. The lowest BCUT2D eigenvalue weighted by atomic mass is 10.1. The van der Waals surface area contributed by atoms with E-state index in [0.29, 0.717) is 6.04 Å².